The number of nitrogen functional groups attached to an aromatic ring is 1. The maximum Gasteiger partial charge on any atom is 0.240 e. The van der Waals surface area contributed by atoms with Crippen LogP contribution in [0.25, 0.3) is 0 Å². The van der Waals surface area contributed by atoms with Crippen LogP contribution in [-0.4, -0.2) is 117 Å². The Kier molecular flexibility index (Phi) is 11.1. The second-order valence-corrected chi connectivity index (χ2v) is 17.1. The van der Waals surface area contributed by atoms with E-state index in [4.69, 9.17) is 29.4 Å². The van der Waals surface area contributed by atoms with Crippen molar-refractivity contribution in [3.05, 3.63) is 76.0 Å². The van der Waals surface area contributed by atoms with Gasteiger partial charge < -0.3 is 44.7 Å². The number of phenols is 2. The molecule has 57 heavy (non-hydrogen) atoms. The Hall–Kier alpha value is -4.11. The van der Waals surface area contributed by atoms with Gasteiger partial charge in [-0.2, -0.15) is 5.10 Å². The summed E-state index contributed by atoms with van der Waals surface area (Å²) >= 11 is 0. The van der Waals surface area contributed by atoms with Crippen molar-refractivity contribution < 1.29 is 53.4 Å². The molecule has 2 aliphatic carbocycles. The number of morpholine rings is 1. The van der Waals surface area contributed by atoms with Crippen LogP contribution in [0.3, 0.4) is 0 Å². The number of aliphatic hydroxyl groups is 1. The molecule has 5 aliphatic rings. The second-order valence-electron chi connectivity index (χ2n) is 14.6. The van der Waals surface area contributed by atoms with Crippen LogP contribution in [0.15, 0.2) is 52.7 Å². The number of nitrogens with two attached hydrogens (primary N) is 1. The van der Waals surface area contributed by atoms with Gasteiger partial charge in [-0.15, -0.1) is 0 Å². The molecule has 8 rings (SSSR count). The highest BCUT2D eigenvalue weighted by Gasteiger charge is 2.55. The lowest BCUT2D eigenvalue weighted by Crippen LogP contribution is -2.55. The number of hydrazone groups is 1. The molecule has 0 saturated carbocycles. The summed E-state index contributed by atoms with van der Waals surface area (Å²) in [7, 11) is 4.47. The van der Waals surface area contributed by atoms with Crippen LogP contribution in [0, 0.1) is 0 Å². The van der Waals surface area contributed by atoms with Gasteiger partial charge in [0.1, 0.15) is 28.2 Å². The summed E-state index contributed by atoms with van der Waals surface area (Å²) in [6.07, 6.45) is -2.34. The minimum Gasteiger partial charge on any atom is -0.507 e. The molecule has 3 aliphatic heterocycles. The molecule has 8 atom stereocenters. The van der Waals surface area contributed by atoms with Crippen molar-refractivity contribution in [2.75, 3.05) is 31.7 Å². The molecule has 0 spiro atoms. The van der Waals surface area contributed by atoms with E-state index in [0.717, 1.165) is 5.03 Å². The summed E-state index contributed by atoms with van der Waals surface area (Å²) < 4.78 is 30.6. The van der Waals surface area contributed by atoms with E-state index in [9.17, 15) is 29.7 Å². The van der Waals surface area contributed by atoms with Crippen LogP contribution >= 0.6 is 21.6 Å². The highest BCUT2D eigenvalue weighted by molar-refractivity contribution is 8.76. The first kappa shape index (κ1) is 39.7. The molecule has 3 aromatic rings. The van der Waals surface area contributed by atoms with Crippen molar-refractivity contribution in [2.45, 2.75) is 93.3 Å². The summed E-state index contributed by atoms with van der Waals surface area (Å²) in [4.78, 5) is 47.2. The van der Waals surface area contributed by atoms with Crippen LogP contribution in [0.4, 0.5) is 5.69 Å². The number of hydrogen-bond acceptors (Lipinski definition) is 17. The Bertz CT molecular complexity index is 2130. The van der Waals surface area contributed by atoms with E-state index < -0.39 is 70.8 Å². The van der Waals surface area contributed by atoms with E-state index in [1.54, 1.807) is 13.3 Å². The van der Waals surface area contributed by atoms with Gasteiger partial charge in [0.15, 0.2) is 30.4 Å². The van der Waals surface area contributed by atoms with Gasteiger partial charge in [0.05, 0.1) is 41.2 Å². The maximum atomic E-state index is 14.0. The number of benzene rings is 2. The van der Waals surface area contributed by atoms with Gasteiger partial charge in [0, 0.05) is 79.7 Å². The lowest BCUT2D eigenvalue weighted by Gasteiger charge is -2.43. The second kappa shape index (κ2) is 15.9. The average molecular weight is 822 g/mol. The van der Waals surface area contributed by atoms with Gasteiger partial charge >= 0.3 is 0 Å². The number of carbonyl (C=O) groups excluding carboxylic acids is 3. The van der Waals surface area contributed by atoms with Crippen molar-refractivity contribution in [3.63, 3.8) is 0 Å². The molecule has 3 saturated heterocycles. The minimum absolute atomic E-state index is 0.00978. The predicted octanol–water partition coefficient (Wildman–Crippen LogP) is 3.44. The first-order valence-corrected chi connectivity index (χ1v) is 20.9. The fourth-order valence-corrected chi connectivity index (χ4v) is 10.3. The molecule has 0 radical (unpaired) electrons. The number of hydrogen-bond donors (Lipinski definition) is 5. The quantitative estimate of drug-likeness (QED) is 0.0386. The van der Waals surface area contributed by atoms with Gasteiger partial charge in [0.2, 0.25) is 5.91 Å². The number of nitrogens with zero attached hydrogens (tertiary/aromatic N) is 3. The van der Waals surface area contributed by atoms with Crippen molar-refractivity contribution in [1.29, 1.82) is 0 Å². The molecule has 0 bridgehead atoms. The van der Waals surface area contributed by atoms with Crippen molar-refractivity contribution in [2.24, 2.45) is 5.10 Å². The molecule has 4 heterocycles. The molecule has 302 valence electrons. The van der Waals surface area contributed by atoms with Gasteiger partial charge in [-0.25, -0.2) is 10.4 Å². The number of methoxy groups -OCH3 is 1. The number of aromatic nitrogens is 1. The topological polar surface area (TPSA) is 225 Å². The fourth-order valence-electron chi connectivity index (χ4n) is 8.43. The third-order valence-electron chi connectivity index (χ3n) is 11.2. The van der Waals surface area contributed by atoms with E-state index in [-0.39, 0.29) is 71.0 Å². The maximum absolute atomic E-state index is 14.0. The summed E-state index contributed by atoms with van der Waals surface area (Å²) in [6.45, 7) is 4.41. The van der Waals surface area contributed by atoms with Crippen LogP contribution in [0.2, 0.25) is 0 Å². The molecular weight excluding hydrogens is 779 g/mol. The largest absolute Gasteiger partial charge is 0.507 e. The van der Waals surface area contributed by atoms with Gasteiger partial charge in [-0.1, -0.05) is 29.0 Å². The third kappa shape index (κ3) is 7.20. The Balaban J connectivity index is 1.10. The fraction of sp³-hybridized carbons (Fsp3) is 0.462. The lowest BCUT2D eigenvalue weighted by molar-refractivity contribution is -0.255. The number of aromatic hydroxyl groups is 2. The zero-order valence-corrected chi connectivity index (χ0v) is 33.0. The lowest BCUT2D eigenvalue weighted by atomic mass is 9.71. The highest BCUT2D eigenvalue weighted by atomic mass is 33.1. The first-order valence-electron chi connectivity index (χ1n) is 18.6. The smallest absolute Gasteiger partial charge is 0.240 e. The number of anilines is 1. The van der Waals surface area contributed by atoms with Crippen LogP contribution < -0.4 is 11.2 Å². The van der Waals surface area contributed by atoms with Crippen LogP contribution in [0.1, 0.15) is 82.2 Å². The zero-order valence-electron chi connectivity index (χ0n) is 31.4. The zero-order chi connectivity index (χ0) is 40.2. The van der Waals surface area contributed by atoms with Crippen molar-refractivity contribution in [3.8, 4) is 11.5 Å². The Morgan fingerprint density at radius 1 is 1.12 bits per heavy atom. The van der Waals surface area contributed by atoms with E-state index in [1.165, 1.54) is 46.7 Å². The van der Waals surface area contributed by atoms with Gasteiger partial charge in [0.25, 0.3) is 0 Å². The van der Waals surface area contributed by atoms with Crippen molar-refractivity contribution >= 4 is 50.5 Å². The normalized spacial score (nSPS) is 29.5. The van der Waals surface area contributed by atoms with E-state index in [1.807, 2.05) is 25.1 Å². The molecule has 1 aromatic heterocycles. The van der Waals surface area contributed by atoms with Gasteiger partial charge in [-0.05, 0) is 42.8 Å². The Labute approximate surface area is 335 Å². The average Bonchev–Trinajstić information content (AvgIpc) is 3.58. The van der Waals surface area contributed by atoms with Crippen molar-refractivity contribution in [1.82, 2.24) is 15.3 Å². The summed E-state index contributed by atoms with van der Waals surface area (Å²) in [5, 5.41) is 41.3. The number of ketones is 2. The number of amides is 1. The monoisotopic (exact) mass is 821 g/mol. The number of ether oxygens (including phenoxy) is 5. The molecule has 2 aromatic carbocycles. The third-order valence-corrected chi connectivity index (χ3v) is 13.5. The van der Waals surface area contributed by atoms with E-state index in [2.05, 4.69) is 20.4 Å². The number of rotatable bonds is 10. The Morgan fingerprint density at radius 3 is 2.70 bits per heavy atom. The number of pyridine rings is 1. The summed E-state index contributed by atoms with van der Waals surface area (Å²) in [5.41, 5.74) is 6.06. The predicted molar refractivity (Wildman–Crippen MR) is 208 cm³/mol. The molecule has 6 N–H and O–H groups in total. The van der Waals surface area contributed by atoms with E-state index in [0.29, 0.717) is 25.3 Å². The molecule has 0 unspecified atom stereocenters. The SMILES string of the molecule is CO[C@H]1OCCN2[C@@H]1O[C@@H]1[C@H](C)O[C@@H](O[C@H]3C[C@](O)(/C(C)=N/NC(=O)CCSSc4ccccn4)Cc4c(O)c5c(c(O)c43)C(=O)c3c(N)cccc3C5=O)C[C@@H]12. The van der Waals surface area contributed by atoms with Crippen LogP contribution in [0.5, 0.6) is 11.5 Å². The minimum atomic E-state index is -1.86. The molecule has 18 heteroatoms. The molecule has 16 nitrogen and oxygen atoms in total. The summed E-state index contributed by atoms with van der Waals surface area (Å²) in [6, 6.07) is 9.85. The summed E-state index contributed by atoms with van der Waals surface area (Å²) in [5.74, 6) is -2.51. The van der Waals surface area contributed by atoms with Gasteiger partial charge in [-0.3, -0.25) is 19.3 Å². The number of carbonyl (C=O) groups is 3. The Morgan fingerprint density at radius 2 is 1.93 bits per heavy atom. The number of phenolic OH excluding ortho intramolecular Hbond substituents is 2. The molecule has 3 fully saturated rings. The molecular formula is C39H43N5O11S2. The standard InChI is InChI=1S/C39H43N5O11S2/c1-18-36-23(44-12-13-52-38(51-3)37(44)55-36)15-27(53-18)54-24-17-39(50,19(2)42-43-25(45)10-14-56-57-26-9-4-5-11-41-26)16-21-29(24)35(49)31-30(33(21)47)32(46)20-7-6-8-22(40)28(20)34(31)48/h4-9,11,18,23-24,27,36-38,47,49-50H,10,12-17,40H2,1-3H3,(H,43,45)/b42-19+/t18-,23-,24-,27-,36+,37+,38-,39-/m0/s1. The number of nitrogens with one attached hydrogen (secondary N) is 1. The van der Waals surface area contributed by atoms with Crippen LogP contribution in [-0.2, 0) is 34.9 Å². The first-order chi connectivity index (χ1) is 27.4. The highest BCUT2D eigenvalue weighted by Crippen LogP contribution is 2.53. The van der Waals surface area contributed by atoms with E-state index >= 15 is 0 Å². The molecule has 1 amide bonds. The number of fused-ring (bicyclic) bond motifs is 6.